The largest absolute Gasteiger partial charge is 0.465 e. The lowest BCUT2D eigenvalue weighted by Gasteiger charge is -2.27. The number of ether oxygens (including phenoxy) is 1. The molecular weight excluding hydrogens is 754 g/mol. The Kier molecular flexibility index (Phi) is 11.0. The van der Waals surface area contributed by atoms with Crippen LogP contribution in [0.1, 0.15) is 25.0 Å². The molecular formula is C29H27BrCl2F2N3O7PS. The maximum absolute atomic E-state index is 15.4. The fourth-order valence-corrected chi connectivity index (χ4v) is 7.29. The van der Waals surface area contributed by atoms with E-state index in [1.54, 1.807) is 35.2 Å². The van der Waals surface area contributed by atoms with E-state index in [0.717, 1.165) is 19.2 Å². The van der Waals surface area contributed by atoms with Crippen molar-refractivity contribution >= 4 is 74.2 Å². The number of hydrogen-bond acceptors (Lipinski definition) is 8. The summed E-state index contributed by atoms with van der Waals surface area (Å²) in [7, 11) is -8.88. The van der Waals surface area contributed by atoms with Gasteiger partial charge < -0.3 is 14.0 Å². The van der Waals surface area contributed by atoms with Crippen LogP contribution >= 0.6 is 46.7 Å². The molecule has 0 aliphatic heterocycles. The molecule has 0 saturated heterocycles. The molecule has 1 heterocycles. The van der Waals surface area contributed by atoms with Gasteiger partial charge in [-0.05, 0) is 67.9 Å². The van der Waals surface area contributed by atoms with Crippen LogP contribution in [0, 0.1) is 0 Å². The molecule has 3 aromatic carbocycles. The first-order chi connectivity index (χ1) is 21.4. The van der Waals surface area contributed by atoms with Gasteiger partial charge in [0.15, 0.2) is 15.6 Å². The van der Waals surface area contributed by atoms with E-state index < -0.39 is 40.6 Å². The van der Waals surface area contributed by atoms with Crippen molar-refractivity contribution in [1.29, 1.82) is 0 Å². The van der Waals surface area contributed by atoms with E-state index in [4.69, 9.17) is 32.4 Å². The highest BCUT2D eigenvalue weighted by Crippen LogP contribution is 2.61. The molecule has 10 nitrogen and oxygen atoms in total. The molecule has 0 aliphatic carbocycles. The number of esters is 1. The number of anilines is 2. The van der Waals surface area contributed by atoms with Crippen molar-refractivity contribution in [2.45, 2.75) is 37.0 Å². The Balaban J connectivity index is 1.66. The lowest BCUT2D eigenvalue weighted by molar-refractivity contribution is -0.144. The summed E-state index contributed by atoms with van der Waals surface area (Å²) in [6.45, 7) is 2.63. The summed E-state index contributed by atoms with van der Waals surface area (Å²) < 4.78 is 77.8. The molecule has 2 N–H and O–H groups in total. The Morgan fingerprint density at radius 3 is 2.41 bits per heavy atom. The van der Waals surface area contributed by atoms with Crippen LogP contribution in [0.15, 0.2) is 80.6 Å². The summed E-state index contributed by atoms with van der Waals surface area (Å²) in [5.41, 5.74) is -3.59. The SMILES string of the molecule is CCOC(=O)[C@@H](C)NP(=O)(O)C(F)(F)c1ccc(CN(c2ccc(Cl)c(Cl)c2)c2ncc(-c3ccc(S(C)(=O)=O)cc3)o2)cc1Br. The van der Waals surface area contributed by atoms with Crippen LogP contribution in [0.3, 0.4) is 0 Å². The smallest absolute Gasteiger partial charge is 0.361 e. The van der Waals surface area contributed by atoms with Gasteiger partial charge in [-0.25, -0.2) is 18.5 Å². The number of rotatable bonds is 12. The van der Waals surface area contributed by atoms with E-state index in [0.29, 0.717) is 22.6 Å². The van der Waals surface area contributed by atoms with Gasteiger partial charge in [0.05, 0.1) is 34.3 Å². The van der Waals surface area contributed by atoms with E-state index in [-0.39, 0.29) is 38.6 Å². The minimum Gasteiger partial charge on any atom is -0.465 e. The molecule has 0 aliphatic rings. The molecule has 1 unspecified atom stereocenters. The molecule has 246 valence electrons. The van der Waals surface area contributed by atoms with Gasteiger partial charge in [-0.3, -0.25) is 14.3 Å². The van der Waals surface area contributed by atoms with Gasteiger partial charge in [-0.1, -0.05) is 51.3 Å². The second-order valence-corrected chi connectivity index (χ2v) is 15.7. The molecule has 46 heavy (non-hydrogen) atoms. The van der Waals surface area contributed by atoms with Crippen molar-refractivity contribution in [3.63, 3.8) is 0 Å². The second-order valence-electron chi connectivity index (χ2n) is 10.0. The van der Waals surface area contributed by atoms with Crippen molar-refractivity contribution in [3.05, 3.63) is 92.5 Å². The first-order valence-corrected chi connectivity index (χ1v) is 18.5. The topological polar surface area (TPSA) is 139 Å². The molecule has 0 saturated carbocycles. The molecule has 4 aromatic rings. The minimum absolute atomic E-state index is 0.00428. The predicted molar refractivity (Wildman–Crippen MR) is 174 cm³/mol. The molecule has 0 fully saturated rings. The third-order valence-corrected chi connectivity index (χ3v) is 10.9. The fraction of sp³-hybridized carbons (Fsp3) is 0.241. The van der Waals surface area contributed by atoms with Gasteiger partial charge in [-0.15, -0.1) is 0 Å². The number of oxazole rings is 1. The summed E-state index contributed by atoms with van der Waals surface area (Å²) in [4.78, 5) is 28.3. The Bertz CT molecular complexity index is 1910. The number of nitrogens with one attached hydrogen (secondary N) is 1. The van der Waals surface area contributed by atoms with E-state index >= 15 is 8.78 Å². The highest BCUT2D eigenvalue weighted by atomic mass is 79.9. The minimum atomic E-state index is -5.48. The van der Waals surface area contributed by atoms with E-state index in [9.17, 15) is 22.7 Å². The number of nitrogens with zero attached hydrogens (tertiary/aromatic N) is 2. The van der Waals surface area contributed by atoms with Crippen molar-refractivity contribution in [2.24, 2.45) is 0 Å². The third-order valence-electron chi connectivity index (χ3n) is 6.59. The Morgan fingerprint density at radius 1 is 1.15 bits per heavy atom. The molecule has 0 bridgehead atoms. The Morgan fingerprint density at radius 2 is 1.83 bits per heavy atom. The molecule has 0 spiro atoms. The van der Waals surface area contributed by atoms with Gasteiger partial charge in [0.2, 0.25) is 0 Å². The second kappa shape index (κ2) is 14.1. The van der Waals surface area contributed by atoms with Crippen LogP contribution in [0.2, 0.25) is 10.0 Å². The average molecular weight is 781 g/mol. The molecule has 1 aromatic heterocycles. The first kappa shape index (κ1) is 36.0. The normalized spacial score (nSPS) is 14.0. The average Bonchev–Trinajstić information content (AvgIpc) is 3.47. The van der Waals surface area contributed by atoms with E-state index in [1.807, 2.05) is 5.09 Å². The van der Waals surface area contributed by atoms with Crippen LogP contribution in [0.25, 0.3) is 11.3 Å². The summed E-state index contributed by atoms with van der Waals surface area (Å²) in [5.74, 6) is -0.635. The number of sulfone groups is 1. The van der Waals surface area contributed by atoms with Crippen molar-refractivity contribution < 1.29 is 40.6 Å². The van der Waals surface area contributed by atoms with Gasteiger partial charge >= 0.3 is 25.2 Å². The monoisotopic (exact) mass is 779 g/mol. The summed E-state index contributed by atoms with van der Waals surface area (Å²) in [6.07, 6.45) is 2.54. The number of hydrogen-bond donors (Lipinski definition) is 2. The summed E-state index contributed by atoms with van der Waals surface area (Å²) in [5, 5.41) is 2.33. The zero-order chi connectivity index (χ0) is 34.0. The molecule has 17 heteroatoms. The number of alkyl halides is 2. The van der Waals surface area contributed by atoms with E-state index in [1.165, 1.54) is 37.4 Å². The maximum Gasteiger partial charge on any atom is 0.361 e. The van der Waals surface area contributed by atoms with E-state index in [2.05, 4.69) is 20.9 Å². The Hall–Kier alpha value is -2.84. The standard InChI is InChI=1S/C29H27BrCl2F2N3O7PS/c1-4-43-27(38)17(2)36-45(39,40)29(33,34)22-11-5-18(13-23(22)30)16-37(20-8-12-24(31)25(32)14-20)28-35-15-26(44-28)19-6-9-21(10-7-19)46(3,41)42/h5-15,17H,4,16H2,1-3H3,(H2,36,39,40)/t17-/m1/s1. The summed E-state index contributed by atoms with van der Waals surface area (Å²) >= 11 is 15.5. The van der Waals surface area contributed by atoms with Crippen LogP contribution in [0.5, 0.6) is 0 Å². The van der Waals surface area contributed by atoms with Crippen molar-refractivity contribution in [3.8, 4) is 11.3 Å². The molecule has 4 rings (SSSR count). The maximum atomic E-state index is 15.4. The van der Waals surface area contributed by atoms with Gasteiger partial charge in [0.1, 0.15) is 6.04 Å². The first-order valence-electron chi connectivity index (χ1n) is 13.4. The number of aromatic nitrogens is 1. The van der Waals surface area contributed by atoms with Crippen molar-refractivity contribution in [2.75, 3.05) is 17.8 Å². The number of benzene rings is 3. The lowest BCUT2D eigenvalue weighted by Crippen LogP contribution is -2.37. The van der Waals surface area contributed by atoms with Crippen LogP contribution in [-0.4, -0.2) is 43.2 Å². The molecule has 0 radical (unpaired) electrons. The predicted octanol–water partition coefficient (Wildman–Crippen LogP) is 7.93. The number of halogens is 5. The number of carbonyl (C=O) groups excluding carboxylic acids is 1. The number of carbonyl (C=O) groups is 1. The highest BCUT2D eigenvalue weighted by molar-refractivity contribution is 9.10. The van der Waals surface area contributed by atoms with Crippen molar-refractivity contribution in [1.82, 2.24) is 10.1 Å². The third kappa shape index (κ3) is 7.99. The zero-order valence-electron chi connectivity index (χ0n) is 24.4. The lowest BCUT2D eigenvalue weighted by atomic mass is 10.1. The highest BCUT2D eigenvalue weighted by Gasteiger charge is 2.53. The van der Waals surface area contributed by atoms with Gasteiger partial charge in [-0.2, -0.15) is 8.78 Å². The van der Waals surface area contributed by atoms with Gasteiger partial charge in [0, 0.05) is 27.5 Å². The Labute approximate surface area is 282 Å². The van der Waals surface area contributed by atoms with Crippen LogP contribution in [0.4, 0.5) is 20.5 Å². The van der Waals surface area contributed by atoms with Gasteiger partial charge in [0.25, 0.3) is 0 Å². The fourth-order valence-electron chi connectivity index (χ4n) is 4.22. The van der Waals surface area contributed by atoms with Crippen LogP contribution in [-0.2, 0) is 36.1 Å². The quantitative estimate of drug-likeness (QED) is 0.108. The zero-order valence-corrected chi connectivity index (χ0v) is 29.2. The summed E-state index contributed by atoms with van der Waals surface area (Å²) in [6, 6.07) is 13.1. The van der Waals surface area contributed by atoms with Crippen LogP contribution < -0.4 is 9.99 Å². The molecule has 2 atom stereocenters. The molecule has 0 amide bonds.